The number of hydrogen-bond donors (Lipinski definition) is 3. The summed E-state index contributed by atoms with van der Waals surface area (Å²) in [5, 5.41) is 6.25. The van der Waals surface area contributed by atoms with Crippen molar-refractivity contribution in [3.05, 3.63) is 23.8 Å². The SMILES string of the molecule is NC1=NC(c2ccc3c(c2)OCCCO3)NC(=S)N1. The van der Waals surface area contributed by atoms with E-state index in [0.717, 1.165) is 23.5 Å². The highest BCUT2D eigenvalue weighted by atomic mass is 32.1. The first-order valence-corrected chi connectivity index (χ1v) is 6.43. The molecule has 0 spiro atoms. The number of hydrogen-bond acceptors (Lipinski definition) is 5. The second kappa shape index (κ2) is 4.93. The first-order valence-electron chi connectivity index (χ1n) is 6.03. The van der Waals surface area contributed by atoms with Gasteiger partial charge in [0.15, 0.2) is 22.6 Å². The van der Waals surface area contributed by atoms with Crippen LogP contribution in [0.2, 0.25) is 0 Å². The third-order valence-electron chi connectivity index (χ3n) is 2.86. The van der Waals surface area contributed by atoms with Gasteiger partial charge in [-0.3, -0.25) is 0 Å². The van der Waals surface area contributed by atoms with Gasteiger partial charge in [-0.2, -0.15) is 0 Å². The highest BCUT2D eigenvalue weighted by molar-refractivity contribution is 7.80. The molecule has 19 heavy (non-hydrogen) atoms. The maximum Gasteiger partial charge on any atom is 0.197 e. The summed E-state index contributed by atoms with van der Waals surface area (Å²) in [4.78, 5) is 4.26. The van der Waals surface area contributed by atoms with E-state index in [1.165, 1.54) is 0 Å². The van der Waals surface area contributed by atoms with Crippen LogP contribution in [0.5, 0.6) is 11.5 Å². The van der Waals surface area contributed by atoms with Gasteiger partial charge in [0.25, 0.3) is 0 Å². The normalized spacial score (nSPS) is 21.8. The lowest BCUT2D eigenvalue weighted by atomic mass is 10.1. The van der Waals surface area contributed by atoms with E-state index < -0.39 is 0 Å². The lowest BCUT2D eigenvalue weighted by molar-refractivity contribution is 0.297. The Balaban J connectivity index is 1.91. The number of nitrogens with two attached hydrogens (primary N) is 1. The number of benzene rings is 1. The molecule has 0 saturated heterocycles. The first kappa shape index (κ1) is 12.0. The van der Waals surface area contributed by atoms with E-state index in [4.69, 9.17) is 27.4 Å². The lowest BCUT2D eigenvalue weighted by Gasteiger charge is -2.23. The van der Waals surface area contributed by atoms with Crippen LogP contribution in [0.3, 0.4) is 0 Å². The monoisotopic (exact) mass is 278 g/mol. The fourth-order valence-corrected chi connectivity index (χ4v) is 2.20. The number of fused-ring (bicyclic) bond motifs is 1. The standard InChI is InChI=1S/C12H14N4O2S/c13-11-14-10(15-12(19)16-11)7-2-3-8-9(6-7)18-5-1-4-17-8/h2-3,6,10H,1,4-5H2,(H4,13,14,15,16,19). The van der Waals surface area contributed by atoms with Crippen molar-refractivity contribution in [1.29, 1.82) is 0 Å². The summed E-state index contributed by atoms with van der Waals surface area (Å²) in [6, 6.07) is 5.72. The molecule has 0 saturated carbocycles. The molecule has 1 aromatic carbocycles. The largest absolute Gasteiger partial charge is 0.490 e. The number of nitrogens with zero attached hydrogens (tertiary/aromatic N) is 1. The zero-order chi connectivity index (χ0) is 13.2. The molecule has 100 valence electrons. The topological polar surface area (TPSA) is 80.9 Å². The molecule has 3 rings (SSSR count). The molecule has 1 atom stereocenters. The molecule has 0 amide bonds. The molecule has 0 aromatic heterocycles. The van der Waals surface area contributed by atoms with Crippen LogP contribution in [0.1, 0.15) is 18.2 Å². The predicted molar refractivity (Wildman–Crippen MR) is 75.3 cm³/mol. The molecular weight excluding hydrogens is 264 g/mol. The van der Waals surface area contributed by atoms with Crippen molar-refractivity contribution in [1.82, 2.24) is 10.6 Å². The molecule has 4 N–H and O–H groups in total. The van der Waals surface area contributed by atoms with Gasteiger partial charge in [0.1, 0.15) is 6.17 Å². The second-order valence-corrected chi connectivity index (χ2v) is 4.68. The van der Waals surface area contributed by atoms with Crippen LogP contribution in [-0.2, 0) is 0 Å². The van der Waals surface area contributed by atoms with Crippen LogP contribution < -0.4 is 25.8 Å². The maximum atomic E-state index is 5.67. The van der Waals surface area contributed by atoms with Crippen molar-refractivity contribution in [3.8, 4) is 11.5 Å². The lowest BCUT2D eigenvalue weighted by Crippen LogP contribution is -2.49. The zero-order valence-corrected chi connectivity index (χ0v) is 11.0. The Hall–Kier alpha value is -2.02. The van der Waals surface area contributed by atoms with Gasteiger partial charge < -0.3 is 25.8 Å². The minimum absolute atomic E-state index is 0.300. The molecule has 0 radical (unpaired) electrons. The van der Waals surface area contributed by atoms with Crippen molar-refractivity contribution in [3.63, 3.8) is 0 Å². The van der Waals surface area contributed by atoms with Crippen molar-refractivity contribution in [2.24, 2.45) is 10.7 Å². The summed E-state index contributed by atoms with van der Waals surface area (Å²) in [5.74, 6) is 1.80. The molecule has 2 aliphatic heterocycles. The number of guanidine groups is 1. The van der Waals surface area contributed by atoms with E-state index in [1.807, 2.05) is 18.2 Å². The minimum Gasteiger partial charge on any atom is -0.490 e. The number of thiocarbonyl (C=S) groups is 1. The highest BCUT2D eigenvalue weighted by Gasteiger charge is 2.19. The first-order chi connectivity index (χ1) is 9.22. The molecule has 2 heterocycles. The van der Waals surface area contributed by atoms with Gasteiger partial charge in [0, 0.05) is 12.0 Å². The fraction of sp³-hybridized carbons (Fsp3) is 0.333. The van der Waals surface area contributed by atoms with E-state index >= 15 is 0 Å². The van der Waals surface area contributed by atoms with Gasteiger partial charge in [-0.05, 0) is 24.4 Å². The van der Waals surface area contributed by atoms with Crippen molar-refractivity contribution < 1.29 is 9.47 Å². The van der Waals surface area contributed by atoms with Crippen LogP contribution in [0.15, 0.2) is 23.2 Å². The van der Waals surface area contributed by atoms with Gasteiger partial charge in [-0.15, -0.1) is 0 Å². The molecule has 1 aromatic rings. The number of nitrogens with one attached hydrogen (secondary N) is 2. The second-order valence-electron chi connectivity index (χ2n) is 4.27. The Morgan fingerprint density at radius 1 is 1.26 bits per heavy atom. The van der Waals surface area contributed by atoms with Gasteiger partial charge in [0.05, 0.1) is 13.2 Å². The van der Waals surface area contributed by atoms with Crippen LogP contribution in [0, 0.1) is 0 Å². The number of aliphatic imine (C=N–C) groups is 1. The van der Waals surface area contributed by atoms with Crippen LogP contribution in [0.25, 0.3) is 0 Å². The van der Waals surface area contributed by atoms with Gasteiger partial charge in [-0.25, -0.2) is 4.99 Å². The minimum atomic E-state index is -0.300. The molecule has 0 aliphatic carbocycles. The molecule has 7 heteroatoms. The Bertz CT molecular complexity index is 547. The average molecular weight is 278 g/mol. The Morgan fingerprint density at radius 3 is 2.84 bits per heavy atom. The molecule has 6 nitrogen and oxygen atoms in total. The predicted octanol–water partition coefficient (Wildman–Crippen LogP) is 0.639. The third-order valence-corrected chi connectivity index (χ3v) is 3.08. The average Bonchev–Trinajstić information content (AvgIpc) is 2.61. The zero-order valence-electron chi connectivity index (χ0n) is 10.2. The summed E-state index contributed by atoms with van der Waals surface area (Å²) in [6.07, 6.45) is 0.580. The maximum absolute atomic E-state index is 5.67. The van der Waals surface area contributed by atoms with Gasteiger partial charge in [-0.1, -0.05) is 6.07 Å². The van der Waals surface area contributed by atoms with Crippen LogP contribution in [-0.4, -0.2) is 24.3 Å². The summed E-state index contributed by atoms with van der Waals surface area (Å²) in [7, 11) is 0. The van der Waals surface area contributed by atoms with E-state index in [1.54, 1.807) is 0 Å². The molecule has 2 aliphatic rings. The number of ether oxygens (including phenoxy) is 2. The third kappa shape index (κ3) is 2.55. The van der Waals surface area contributed by atoms with Crippen molar-refractivity contribution >= 4 is 23.3 Å². The van der Waals surface area contributed by atoms with E-state index in [-0.39, 0.29) is 6.17 Å². The van der Waals surface area contributed by atoms with Crippen LogP contribution >= 0.6 is 12.2 Å². The van der Waals surface area contributed by atoms with E-state index in [9.17, 15) is 0 Å². The van der Waals surface area contributed by atoms with E-state index in [0.29, 0.717) is 24.3 Å². The molecule has 0 fully saturated rings. The van der Waals surface area contributed by atoms with E-state index in [2.05, 4.69) is 15.6 Å². The number of rotatable bonds is 1. The quantitative estimate of drug-likeness (QED) is 0.654. The Labute approximate surface area is 116 Å². The Kier molecular flexibility index (Phi) is 3.12. The molecule has 1 unspecified atom stereocenters. The summed E-state index contributed by atoms with van der Waals surface area (Å²) in [6.45, 7) is 1.33. The summed E-state index contributed by atoms with van der Waals surface area (Å²) >= 11 is 5.06. The fourth-order valence-electron chi connectivity index (χ4n) is 1.99. The van der Waals surface area contributed by atoms with Crippen LogP contribution in [0.4, 0.5) is 0 Å². The van der Waals surface area contributed by atoms with Gasteiger partial charge in [0.2, 0.25) is 0 Å². The highest BCUT2D eigenvalue weighted by Crippen LogP contribution is 2.32. The van der Waals surface area contributed by atoms with Crippen molar-refractivity contribution in [2.45, 2.75) is 12.6 Å². The smallest absolute Gasteiger partial charge is 0.197 e. The summed E-state index contributed by atoms with van der Waals surface area (Å²) < 4.78 is 11.2. The summed E-state index contributed by atoms with van der Waals surface area (Å²) in [5.41, 5.74) is 6.60. The Morgan fingerprint density at radius 2 is 2.05 bits per heavy atom. The molecular formula is C12H14N4O2S. The van der Waals surface area contributed by atoms with Crippen molar-refractivity contribution in [2.75, 3.05) is 13.2 Å². The van der Waals surface area contributed by atoms with Gasteiger partial charge >= 0.3 is 0 Å². The molecule has 0 bridgehead atoms.